The lowest BCUT2D eigenvalue weighted by Gasteiger charge is -2.35. The van der Waals surface area contributed by atoms with Crippen LogP contribution in [0.25, 0.3) is 0 Å². The van der Waals surface area contributed by atoms with Crippen LogP contribution in [-0.2, 0) is 9.47 Å². The highest BCUT2D eigenvalue weighted by Gasteiger charge is 2.29. The van der Waals surface area contributed by atoms with Crippen LogP contribution < -0.4 is 10.6 Å². The summed E-state index contributed by atoms with van der Waals surface area (Å²) in [6, 6.07) is 8.87. The predicted molar refractivity (Wildman–Crippen MR) is 135 cm³/mol. The first-order valence-electron chi connectivity index (χ1n) is 12.5. The highest BCUT2D eigenvalue weighted by Crippen LogP contribution is 2.27. The molecule has 2 aliphatic rings. The van der Waals surface area contributed by atoms with Crippen LogP contribution in [0.2, 0.25) is 0 Å². The summed E-state index contributed by atoms with van der Waals surface area (Å²) in [7, 11) is 0. The normalized spacial score (nSPS) is 18.4. The third-order valence-electron chi connectivity index (χ3n) is 5.94. The molecule has 2 aliphatic heterocycles. The Balaban J connectivity index is 1.49. The summed E-state index contributed by atoms with van der Waals surface area (Å²) >= 11 is 0. The number of carbonyl (C=O) groups excluding carboxylic acids is 2. The average molecular weight is 475 g/mol. The number of nitrogens with zero attached hydrogens (tertiary/aromatic N) is 2. The number of ether oxygens (including phenoxy) is 2. The molecule has 34 heavy (non-hydrogen) atoms. The fourth-order valence-electron chi connectivity index (χ4n) is 4.24. The van der Waals surface area contributed by atoms with E-state index < -0.39 is 11.2 Å². The molecule has 0 saturated carbocycles. The summed E-state index contributed by atoms with van der Waals surface area (Å²) < 4.78 is 11.0. The molecule has 0 radical (unpaired) electrons. The third kappa shape index (κ3) is 7.99. The molecule has 2 saturated heterocycles. The lowest BCUT2D eigenvalue weighted by atomic mass is 10.0. The highest BCUT2D eigenvalue weighted by atomic mass is 16.6. The molecular weight excluding hydrogens is 432 g/mol. The summed E-state index contributed by atoms with van der Waals surface area (Å²) in [5.41, 5.74) is 1.21. The number of benzene rings is 1. The second-order valence-corrected chi connectivity index (χ2v) is 11.3. The molecule has 3 rings (SSSR count). The van der Waals surface area contributed by atoms with Crippen molar-refractivity contribution in [1.82, 2.24) is 9.80 Å². The van der Waals surface area contributed by atoms with Gasteiger partial charge in [-0.1, -0.05) is 12.1 Å². The Labute approximate surface area is 204 Å². The van der Waals surface area contributed by atoms with E-state index >= 15 is 0 Å². The number of likely N-dealkylation sites (tertiary alicyclic amines) is 2. The monoisotopic (exact) mass is 474 g/mol. The molecule has 0 aromatic heterocycles. The molecule has 1 aromatic rings. The van der Waals surface area contributed by atoms with E-state index in [1.54, 1.807) is 9.80 Å². The molecule has 8 heteroatoms. The van der Waals surface area contributed by atoms with Crippen LogP contribution in [0.15, 0.2) is 24.3 Å². The van der Waals surface area contributed by atoms with Gasteiger partial charge in [-0.25, -0.2) is 9.59 Å². The lowest BCUT2D eigenvalue weighted by molar-refractivity contribution is 0.0199. The standard InChI is InChI=1S/C26H42N4O4/c1-25(2,3)33-23(31)29-15-11-19(12-16-29)27-21-9-7-8-10-22(21)28-20-13-17-30(18-14-20)24(32)34-26(4,5)6/h7-10,19-20,27-28H,11-18H2,1-6H3. The van der Waals surface area contributed by atoms with Gasteiger partial charge < -0.3 is 29.9 Å². The molecule has 1 aromatic carbocycles. The van der Waals surface area contributed by atoms with Crippen LogP contribution in [0.1, 0.15) is 67.2 Å². The van der Waals surface area contributed by atoms with E-state index in [4.69, 9.17) is 9.47 Å². The topological polar surface area (TPSA) is 83.1 Å². The van der Waals surface area contributed by atoms with Crippen LogP contribution in [0, 0.1) is 0 Å². The largest absolute Gasteiger partial charge is 0.444 e. The maximum atomic E-state index is 12.3. The molecule has 2 N–H and O–H groups in total. The number of hydrogen-bond donors (Lipinski definition) is 2. The van der Waals surface area contributed by atoms with Crippen molar-refractivity contribution in [3.05, 3.63) is 24.3 Å². The Kier molecular flexibility index (Phi) is 8.21. The van der Waals surface area contributed by atoms with Gasteiger partial charge in [0.05, 0.1) is 11.4 Å². The van der Waals surface area contributed by atoms with Crippen LogP contribution in [0.3, 0.4) is 0 Å². The van der Waals surface area contributed by atoms with E-state index in [1.807, 2.05) is 53.7 Å². The number of para-hydroxylation sites is 2. The Morgan fingerprint density at radius 3 is 1.32 bits per heavy atom. The second-order valence-electron chi connectivity index (χ2n) is 11.3. The average Bonchev–Trinajstić information content (AvgIpc) is 2.74. The zero-order valence-corrected chi connectivity index (χ0v) is 21.6. The molecule has 2 amide bonds. The minimum atomic E-state index is -0.472. The van der Waals surface area contributed by atoms with E-state index in [0.29, 0.717) is 38.3 Å². The van der Waals surface area contributed by atoms with E-state index in [2.05, 4.69) is 22.8 Å². The zero-order chi connectivity index (χ0) is 24.9. The molecule has 0 spiro atoms. The summed E-state index contributed by atoms with van der Waals surface area (Å²) in [6.45, 7) is 14.1. The van der Waals surface area contributed by atoms with E-state index in [0.717, 1.165) is 37.1 Å². The van der Waals surface area contributed by atoms with Gasteiger partial charge in [0.25, 0.3) is 0 Å². The van der Waals surface area contributed by atoms with Crippen LogP contribution in [-0.4, -0.2) is 71.5 Å². The van der Waals surface area contributed by atoms with Crippen molar-refractivity contribution in [2.24, 2.45) is 0 Å². The van der Waals surface area contributed by atoms with E-state index in [-0.39, 0.29) is 12.2 Å². The van der Waals surface area contributed by atoms with E-state index in [1.165, 1.54) is 0 Å². The van der Waals surface area contributed by atoms with Gasteiger partial charge in [-0.05, 0) is 79.4 Å². The van der Waals surface area contributed by atoms with Gasteiger partial charge in [0.15, 0.2) is 0 Å². The highest BCUT2D eigenvalue weighted by molar-refractivity contribution is 5.71. The third-order valence-corrected chi connectivity index (χ3v) is 5.94. The van der Waals surface area contributed by atoms with Gasteiger partial charge in [-0.3, -0.25) is 0 Å². The van der Waals surface area contributed by atoms with Crippen LogP contribution in [0.5, 0.6) is 0 Å². The molecule has 2 fully saturated rings. The molecule has 8 nitrogen and oxygen atoms in total. The number of hydrogen-bond acceptors (Lipinski definition) is 6. The van der Waals surface area contributed by atoms with E-state index in [9.17, 15) is 9.59 Å². The predicted octanol–water partition coefficient (Wildman–Crippen LogP) is 5.31. The minimum Gasteiger partial charge on any atom is -0.444 e. The molecule has 0 atom stereocenters. The molecule has 190 valence electrons. The number of piperidine rings is 2. The van der Waals surface area contributed by atoms with Gasteiger partial charge in [-0.15, -0.1) is 0 Å². The smallest absolute Gasteiger partial charge is 0.410 e. The maximum absolute atomic E-state index is 12.3. The van der Waals surface area contributed by atoms with Crippen LogP contribution >= 0.6 is 0 Å². The van der Waals surface area contributed by atoms with Gasteiger partial charge >= 0.3 is 12.2 Å². The summed E-state index contributed by atoms with van der Waals surface area (Å²) in [5, 5.41) is 7.35. The maximum Gasteiger partial charge on any atom is 0.410 e. The summed E-state index contributed by atoms with van der Waals surface area (Å²) in [5.74, 6) is 0. The summed E-state index contributed by atoms with van der Waals surface area (Å²) in [6.07, 6.45) is 3.05. The minimum absolute atomic E-state index is 0.231. The molecular formula is C26H42N4O4. The number of carbonyl (C=O) groups is 2. The Hall–Kier alpha value is -2.64. The van der Waals surface area contributed by atoms with Crippen molar-refractivity contribution in [2.75, 3.05) is 36.8 Å². The van der Waals surface area contributed by atoms with Crippen molar-refractivity contribution in [3.63, 3.8) is 0 Å². The zero-order valence-electron chi connectivity index (χ0n) is 21.6. The number of rotatable bonds is 4. The molecule has 0 aliphatic carbocycles. The van der Waals surface area contributed by atoms with Crippen molar-refractivity contribution in [1.29, 1.82) is 0 Å². The Bertz CT molecular complexity index is 761. The Morgan fingerprint density at radius 2 is 1.03 bits per heavy atom. The quantitative estimate of drug-likeness (QED) is 0.615. The van der Waals surface area contributed by atoms with Crippen molar-refractivity contribution in [2.45, 2.75) is 90.5 Å². The van der Waals surface area contributed by atoms with Crippen molar-refractivity contribution in [3.8, 4) is 0 Å². The fourth-order valence-corrected chi connectivity index (χ4v) is 4.24. The number of nitrogens with one attached hydrogen (secondary N) is 2. The van der Waals surface area contributed by atoms with Gasteiger partial charge in [0.1, 0.15) is 11.2 Å². The van der Waals surface area contributed by atoms with Crippen molar-refractivity contribution < 1.29 is 19.1 Å². The first-order chi connectivity index (χ1) is 15.9. The molecule has 0 bridgehead atoms. The first kappa shape index (κ1) is 26.0. The fraction of sp³-hybridized carbons (Fsp3) is 0.692. The summed E-state index contributed by atoms with van der Waals surface area (Å²) in [4.78, 5) is 28.3. The molecule has 2 heterocycles. The van der Waals surface area contributed by atoms with Crippen LogP contribution in [0.4, 0.5) is 21.0 Å². The molecule has 0 unspecified atom stereocenters. The van der Waals surface area contributed by atoms with Crippen molar-refractivity contribution >= 4 is 23.6 Å². The first-order valence-corrected chi connectivity index (χ1v) is 12.5. The Morgan fingerprint density at radius 1 is 0.706 bits per heavy atom. The second kappa shape index (κ2) is 10.7. The number of amides is 2. The lowest BCUT2D eigenvalue weighted by Crippen LogP contribution is -2.45. The van der Waals surface area contributed by atoms with Gasteiger partial charge in [-0.2, -0.15) is 0 Å². The van der Waals surface area contributed by atoms with Gasteiger partial charge in [0.2, 0.25) is 0 Å². The van der Waals surface area contributed by atoms with Gasteiger partial charge in [0, 0.05) is 38.3 Å². The number of anilines is 2. The SMILES string of the molecule is CC(C)(C)OC(=O)N1CCC(Nc2ccccc2NC2CCN(C(=O)OC(C)(C)C)CC2)CC1.